The van der Waals surface area contributed by atoms with Gasteiger partial charge in [-0.2, -0.15) is 4.99 Å². The quantitative estimate of drug-likeness (QED) is 0.00925. The highest BCUT2D eigenvalue weighted by Crippen LogP contribution is 2.57. The van der Waals surface area contributed by atoms with Gasteiger partial charge in [-0.1, -0.05) is 35.5 Å². The molecule has 145 heavy (non-hydrogen) atoms. The molecule has 5 aliphatic carbocycles. The van der Waals surface area contributed by atoms with Gasteiger partial charge in [-0.25, -0.2) is 91.4 Å². The van der Waals surface area contributed by atoms with E-state index in [-0.39, 0.29) is 60.0 Å². The number of carbonyl (C=O) groups is 9. The SMILES string of the molecule is COC(=O)C1C(=O)/C(=C\N(C)C)C(C2CC2)N1C(=O)OC(C)(C)C.COC(=O)C1c2nc(NC3CCOCC3)ncc2C(C2CC2)N1C(=O)OC(C)(C)C.COC(=O)C1c2nc(S(C)(=O)=O)ncc2C(C2CC2)N1C(=O)OC(C)(C)C.COC(=O)C1c2nc(SC)ncc2C(C2CC2)N1C(=O)OC(C)(C)C.C[C@@H](N=C=O)c1cccc(Cl)c1.Cl.NC1CCOCC1.c1nc(NC2CCOCC2)nc2c1C(C1CC1)NC2. The highest BCUT2D eigenvalue weighted by atomic mass is 35.5. The number of hydrogen-bond acceptors (Lipinski definition) is 38. The number of aliphatic imine (C=N–C) groups is 1. The Hall–Kier alpha value is -10.6. The number of amides is 4. The van der Waals surface area contributed by atoms with Crippen molar-refractivity contribution in [2.75, 3.05) is 105 Å². The van der Waals surface area contributed by atoms with Crippen molar-refractivity contribution in [3.05, 3.63) is 116 Å². The summed E-state index contributed by atoms with van der Waals surface area (Å²) in [6, 6.07) is 2.99. The average Bonchev–Trinajstić information content (AvgIpc) is 1.58. The molecule has 1 aromatic carbocycles. The molecule has 0 bridgehead atoms. The van der Waals surface area contributed by atoms with Gasteiger partial charge in [0.05, 0.1) is 81.4 Å². The first-order valence-corrected chi connectivity index (χ1v) is 52.6. The second kappa shape index (κ2) is 49.5. The van der Waals surface area contributed by atoms with Crippen LogP contribution in [0.4, 0.5) is 31.1 Å². The molecule has 10 atom stereocenters. The fourth-order valence-electron chi connectivity index (χ4n) is 18.1. The Bertz CT molecular complexity index is 5600. The Balaban J connectivity index is 0.000000165. The predicted octanol–water partition coefficient (Wildman–Crippen LogP) is 14.4. The summed E-state index contributed by atoms with van der Waals surface area (Å²) in [6.07, 6.45) is 26.7. The van der Waals surface area contributed by atoms with Crippen LogP contribution in [0.1, 0.15) is 292 Å². The Morgan fingerprint density at radius 2 is 0.897 bits per heavy atom. The molecule has 13 aliphatic rings. The van der Waals surface area contributed by atoms with Crippen molar-refractivity contribution in [1.29, 1.82) is 0 Å². The molecule has 12 heterocycles. The van der Waals surface area contributed by atoms with Crippen LogP contribution in [0.3, 0.4) is 0 Å². The van der Waals surface area contributed by atoms with Crippen molar-refractivity contribution < 1.29 is 108 Å². The van der Waals surface area contributed by atoms with Crippen LogP contribution in [0.2, 0.25) is 5.02 Å². The molecular weight excluding hydrogens is 1960 g/mol. The first-order valence-electron chi connectivity index (χ1n) is 49.2. The molecule has 18 rings (SSSR count). The summed E-state index contributed by atoms with van der Waals surface area (Å²) in [5.41, 5.74) is 10.1. The molecule has 796 valence electrons. The molecule has 9 unspecified atom stereocenters. The second-order valence-corrected chi connectivity index (χ2v) is 45.2. The average molecular weight is 2100 g/mol. The number of ether oxygens (including phenoxy) is 11. The molecule has 5 saturated carbocycles. The Morgan fingerprint density at radius 3 is 1.26 bits per heavy atom. The van der Waals surface area contributed by atoms with Crippen LogP contribution < -0.4 is 21.7 Å². The van der Waals surface area contributed by atoms with Crippen LogP contribution in [0.25, 0.3) is 0 Å². The first kappa shape index (κ1) is 115. The smallest absolute Gasteiger partial charge is 0.411 e. The molecule has 0 radical (unpaired) electrons. The maximum atomic E-state index is 13.1. The van der Waals surface area contributed by atoms with Crippen molar-refractivity contribution in [3.8, 4) is 0 Å². The molecule has 5 aromatic rings. The number of nitrogens with one attached hydrogen (secondary N) is 3. The topological polar surface area (TPSA) is 500 Å². The number of hydrogen-bond donors (Lipinski definition) is 4. The third-order valence-corrected chi connectivity index (χ3v) is 27.1. The number of isocyanates is 1. The molecule has 9 fully saturated rings. The number of methoxy groups -OCH3 is 4. The van der Waals surface area contributed by atoms with Crippen molar-refractivity contribution in [2.24, 2.45) is 40.3 Å². The minimum Gasteiger partial charge on any atom is -0.467 e. The maximum absolute atomic E-state index is 13.1. The van der Waals surface area contributed by atoms with Crippen molar-refractivity contribution in [2.45, 2.75) is 311 Å². The van der Waals surface area contributed by atoms with Crippen LogP contribution in [0, 0.1) is 29.6 Å². The number of benzene rings is 1. The van der Waals surface area contributed by atoms with Crippen molar-refractivity contribution >= 4 is 118 Å². The number of nitrogens with two attached hydrogens (primary N) is 1. The van der Waals surface area contributed by atoms with Gasteiger partial charge in [0.25, 0.3) is 0 Å². The van der Waals surface area contributed by atoms with E-state index in [0.717, 1.165) is 158 Å². The summed E-state index contributed by atoms with van der Waals surface area (Å²) in [6.45, 7) is 28.8. The first-order chi connectivity index (χ1) is 68.1. The number of ketones is 1. The highest BCUT2D eigenvalue weighted by molar-refractivity contribution is 7.98. The number of rotatable bonds is 18. The summed E-state index contributed by atoms with van der Waals surface area (Å²) in [7, 11) is 4.98. The lowest BCUT2D eigenvalue weighted by Crippen LogP contribution is -2.49. The predicted molar refractivity (Wildman–Crippen MR) is 536 cm³/mol. The normalized spacial score (nSPS) is 23.1. The Morgan fingerprint density at radius 1 is 0.531 bits per heavy atom. The number of Topliss-reactive ketones (excluding diaryl/α,β-unsaturated/α-hetero) is 1. The minimum atomic E-state index is -3.68. The zero-order valence-corrected chi connectivity index (χ0v) is 89.9. The summed E-state index contributed by atoms with van der Waals surface area (Å²) >= 11 is 7.14. The number of aromatic nitrogens is 8. The van der Waals surface area contributed by atoms with Gasteiger partial charge >= 0.3 is 48.3 Å². The van der Waals surface area contributed by atoms with Gasteiger partial charge in [0.2, 0.25) is 33.0 Å². The molecule has 5 N–H and O–H groups in total. The van der Waals surface area contributed by atoms with Crippen LogP contribution in [0.15, 0.2) is 76.1 Å². The van der Waals surface area contributed by atoms with E-state index in [9.17, 15) is 56.4 Å². The summed E-state index contributed by atoms with van der Waals surface area (Å²) in [5.74, 6) is 0.0509. The monoisotopic (exact) mass is 2100 g/mol. The molecule has 4 aromatic heterocycles. The number of anilines is 2. The van der Waals surface area contributed by atoms with E-state index in [2.05, 4.69) is 60.8 Å². The zero-order chi connectivity index (χ0) is 105. The summed E-state index contributed by atoms with van der Waals surface area (Å²) in [5, 5.41) is 11.2. The number of esters is 4. The molecule has 41 nitrogen and oxygen atoms in total. The number of nitrogens with zero attached hydrogens (tertiary/aromatic N) is 14. The van der Waals surface area contributed by atoms with Crippen LogP contribution in [-0.4, -0.2) is 280 Å². The number of fused-ring (bicyclic) bond motifs is 4. The van der Waals surface area contributed by atoms with Gasteiger partial charge in [-0.05, 0) is 246 Å². The maximum Gasteiger partial charge on any atom is 0.411 e. The van der Waals surface area contributed by atoms with Crippen molar-refractivity contribution in [3.63, 3.8) is 0 Å². The lowest BCUT2D eigenvalue weighted by atomic mass is 10.0. The van der Waals surface area contributed by atoms with E-state index in [0.29, 0.717) is 75.9 Å². The van der Waals surface area contributed by atoms with E-state index in [1.807, 2.05) is 52.3 Å². The molecular formula is C100H142Cl2N18O23S2. The van der Waals surface area contributed by atoms with E-state index in [1.54, 1.807) is 112 Å². The largest absolute Gasteiger partial charge is 0.467 e. The Kier molecular flexibility index (Phi) is 39.1. The van der Waals surface area contributed by atoms with Crippen molar-refractivity contribution in [1.82, 2.24) is 69.7 Å². The molecule has 4 amide bonds. The number of carbonyl (C=O) groups excluding carboxylic acids is 10. The molecule has 45 heteroatoms. The fourth-order valence-corrected chi connectivity index (χ4v) is 19.2. The van der Waals surface area contributed by atoms with Gasteiger partial charge in [0.15, 0.2) is 35.1 Å². The summed E-state index contributed by atoms with van der Waals surface area (Å²) in [4.78, 5) is 171. The van der Waals surface area contributed by atoms with Crippen LogP contribution >= 0.6 is 35.8 Å². The summed E-state index contributed by atoms with van der Waals surface area (Å²) < 4.78 is 81.4. The fraction of sp³-hybridized carbons (Fsp3) is 0.660. The molecule has 0 spiro atoms. The van der Waals surface area contributed by atoms with Crippen LogP contribution in [-0.2, 0) is 97.3 Å². The van der Waals surface area contributed by atoms with E-state index in [1.165, 1.54) is 96.2 Å². The second-order valence-electron chi connectivity index (χ2n) is 42.0. The number of sulfone groups is 1. The van der Waals surface area contributed by atoms with Gasteiger partial charge in [-0.15, -0.1) is 12.4 Å². The number of thioether (sulfide) groups is 1. The highest BCUT2D eigenvalue weighted by Gasteiger charge is 2.60. The lowest BCUT2D eigenvalue weighted by Gasteiger charge is -2.31. The van der Waals surface area contributed by atoms with Gasteiger partial charge in [0, 0.05) is 155 Å². The van der Waals surface area contributed by atoms with Gasteiger partial charge < -0.3 is 78.7 Å². The Labute approximate surface area is 863 Å². The molecule has 4 saturated heterocycles. The van der Waals surface area contributed by atoms with E-state index >= 15 is 0 Å². The van der Waals surface area contributed by atoms with Gasteiger partial charge in [-0.3, -0.25) is 24.4 Å². The minimum absolute atomic E-state index is 0. The lowest BCUT2D eigenvalue weighted by molar-refractivity contribution is -0.149. The standard InChI is InChI=1S/C21H30N4O5.C17H23N3O6S.C17H23N3O4S.C17H26N2O5.C14H20N4O.C9H8ClNO.C5H11NO.ClH/c1-21(2,3)30-20(27)25-16(12-5-6-12)14-11-22-19(23-13-7-9-29-10-8-13)24-15(14)17(25)18(26)28-4;1-17(2,3)26-16(22)20-12(9-6-7-9)10-8-18-15(27(5,23)24)19-11(10)13(20)14(21)25-4;1-17(2,3)24-16(22)20-12(9-6-7-9)10-8-18-15(25-5)19-11(10)13(20)14(21)23-4;1-17(2,3)24-16(22)19-12(10-7-8-10)11(9-18(4)5)14(20)13(19)15(21)23-6;1-2-9(1)13-11-7-16-14(18-12(11)8-15-13)17-10-3-5-19-6-4-10;1-7(11-6-12)8-3-2-4-9(10)5-8;6-5-1-3-7-4-2-5;/h11-13,16-17H,5-10H2,1-4H3,(H,22,23,24);8-9,12-13H,6-7H2,1-5H3;8-9,12-13H,6-7H2,1-5H3;9-10,12-13H,7-8H2,1-6H3;7,9-10,13,15H,1-6,8H2,(H,16,17,18);2-5,7H,1H3;5H,1-4,6H2;1H/b;;;11-9-;;;;/t;;;;;7-;;/m.....1../s1. The number of halogens is 2. The van der Waals surface area contributed by atoms with Crippen LogP contribution in [0.5, 0.6) is 0 Å². The third kappa shape index (κ3) is 30.6. The number of likely N-dealkylation sites (tertiary alicyclic amines) is 1. The van der Waals surface area contributed by atoms with E-state index in [4.69, 9.17) is 69.4 Å². The zero-order valence-electron chi connectivity index (χ0n) is 86.7. The van der Waals surface area contributed by atoms with E-state index < -0.39 is 128 Å². The molecule has 8 aliphatic heterocycles. The third-order valence-electron chi connectivity index (χ3n) is 25.5. The van der Waals surface area contributed by atoms with Gasteiger partial charge in [0.1, 0.15) is 22.4 Å².